The summed E-state index contributed by atoms with van der Waals surface area (Å²) in [6.45, 7) is 2.24. The van der Waals surface area contributed by atoms with Crippen LogP contribution in [-0.2, 0) is 6.42 Å². The van der Waals surface area contributed by atoms with Gasteiger partial charge in [0.05, 0.1) is 6.26 Å². The maximum atomic E-state index is 11.8. The largest absolute Gasteiger partial charge is 0.459 e. The summed E-state index contributed by atoms with van der Waals surface area (Å²) in [7, 11) is 1.71. The predicted molar refractivity (Wildman–Crippen MR) is 58.4 cm³/mol. The third kappa shape index (κ3) is 2.72. The van der Waals surface area contributed by atoms with E-state index in [9.17, 15) is 4.79 Å². The first kappa shape index (κ1) is 11.4. The number of carbonyl (C=O) groups is 1. The molecule has 6 nitrogen and oxygen atoms in total. The topological polar surface area (TPSA) is 72.4 Å². The molecule has 0 bridgehead atoms. The van der Waals surface area contributed by atoms with E-state index in [1.165, 1.54) is 6.26 Å². The summed E-state index contributed by atoms with van der Waals surface area (Å²) >= 11 is 0. The first-order valence-corrected chi connectivity index (χ1v) is 5.25. The zero-order chi connectivity index (χ0) is 12.3. The van der Waals surface area contributed by atoms with Gasteiger partial charge in [-0.3, -0.25) is 4.79 Å². The van der Waals surface area contributed by atoms with E-state index in [0.29, 0.717) is 30.4 Å². The molecule has 0 aromatic carbocycles. The summed E-state index contributed by atoms with van der Waals surface area (Å²) in [6, 6.07) is 3.32. The van der Waals surface area contributed by atoms with E-state index in [4.69, 9.17) is 8.94 Å². The summed E-state index contributed by atoms with van der Waals surface area (Å²) in [5, 5.41) is 3.76. The molecule has 0 spiro atoms. The first-order valence-electron chi connectivity index (χ1n) is 5.25. The van der Waals surface area contributed by atoms with Gasteiger partial charge in [-0.15, -0.1) is 0 Å². The van der Waals surface area contributed by atoms with Crippen LogP contribution in [0.4, 0.5) is 0 Å². The number of nitrogens with zero attached hydrogens (tertiary/aromatic N) is 3. The van der Waals surface area contributed by atoms with E-state index in [1.807, 2.05) is 0 Å². The Morgan fingerprint density at radius 3 is 2.94 bits per heavy atom. The molecule has 0 saturated carbocycles. The fourth-order valence-corrected chi connectivity index (χ4v) is 1.40. The Morgan fingerprint density at radius 1 is 1.53 bits per heavy atom. The van der Waals surface area contributed by atoms with Gasteiger partial charge in [0.2, 0.25) is 5.89 Å². The van der Waals surface area contributed by atoms with Crippen LogP contribution in [0.25, 0.3) is 0 Å². The lowest BCUT2D eigenvalue weighted by atomic mass is 10.3. The predicted octanol–water partition coefficient (Wildman–Crippen LogP) is 1.29. The van der Waals surface area contributed by atoms with Crippen LogP contribution in [0.15, 0.2) is 27.3 Å². The third-order valence-corrected chi connectivity index (χ3v) is 2.32. The highest BCUT2D eigenvalue weighted by molar-refractivity contribution is 5.91. The van der Waals surface area contributed by atoms with Crippen molar-refractivity contribution in [2.45, 2.75) is 13.3 Å². The lowest BCUT2D eigenvalue weighted by Crippen LogP contribution is -2.28. The Hall–Kier alpha value is -2.11. The van der Waals surface area contributed by atoms with Crippen molar-refractivity contribution in [2.75, 3.05) is 13.6 Å². The molecule has 0 atom stereocenters. The SMILES string of the molecule is Cc1nc(CCN(C)C(=O)c2ccco2)no1. The third-order valence-electron chi connectivity index (χ3n) is 2.32. The van der Waals surface area contributed by atoms with Gasteiger partial charge < -0.3 is 13.8 Å². The van der Waals surface area contributed by atoms with Gasteiger partial charge in [0.1, 0.15) is 0 Å². The van der Waals surface area contributed by atoms with Crippen LogP contribution in [-0.4, -0.2) is 34.5 Å². The quantitative estimate of drug-likeness (QED) is 0.798. The van der Waals surface area contributed by atoms with E-state index < -0.39 is 0 Å². The number of furan rings is 1. The lowest BCUT2D eigenvalue weighted by Gasteiger charge is -2.14. The monoisotopic (exact) mass is 235 g/mol. The van der Waals surface area contributed by atoms with Crippen LogP contribution in [0, 0.1) is 6.92 Å². The maximum Gasteiger partial charge on any atom is 0.289 e. The standard InChI is InChI=1S/C11H13N3O3/c1-8-12-10(13-17-8)5-6-14(2)11(15)9-4-3-7-16-9/h3-4,7H,5-6H2,1-2H3. The highest BCUT2D eigenvalue weighted by Gasteiger charge is 2.14. The van der Waals surface area contributed by atoms with Gasteiger partial charge in [0, 0.05) is 26.9 Å². The molecule has 2 rings (SSSR count). The molecule has 2 aromatic rings. The molecule has 17 heavy (non-hydrogen) atoms. The zero-order valence-electron chi connectivity index (χ0n) is 9.71. The average Bonchev–Trinajstić information content (AvgIpc) is 2.95. The van der Waals surface area contributed by atoms with Gasteiger partial charge in [-0.2, -0.15) is 4.98 Å². The average molecular weight is 235 g/mol. The van der Waals surface area contributed by atoms with Crippen LogP contribution in [0.5, 0.6) is 0 Å². The minimum absolute atomic E-state index is 0.157. The summed E-state index contributed by atoms with van der Waals surface area (Å²) < 4.78 is 9.88. The Morgan fingerprint density at radius 2 is 2.35 bits per heavy atom. The zero-order valence-corrected chi connectivity index (χ0v) is 9.71. The molecule has 0 saturated heterocycles. The van der Waals surface area contributed by atoms with Crippen molar-refractivity contribution in [2.24, 2.45) is 0 Å². The van der Waals surface area contributed by atoms with Crippen LogP contribution in [0.2, 0.25) is 0 Å². The smallest absolute Gasteiger partial charge is 0.289 e. The Kier molecular flexibility index (Phi) is 3.22. The van der Waals surface area contributed by atoms with Crippen LogP contribution in [0.1, 0.15) is 22.3 Å². The molecule has 0 unspecified atom stereocenters. The number of likely N-dealkylation sites (N-methyl/N-ethyl adjacent to an activating group) is 1. The van der Waals surface area contributed by atoms with Crippen molar-refractivity contribution in [3.63, 3.8) is 0 Å². The number of rotatable bonds is 4. The van der Waals surface area contributed by atoms with Gasteiger partial charge in [0.15, 0.2) is 11.6 Å². The summed E-state index contributed by atoms with van der Waals surface area (Å²) in [5.41, 5.74) is 0. The molecule has 0 N–H and O–H groups in total. The van der Waals surface area contributed by atoms with E-state index in [1.54, 1.807) is 31.0 Å². The van der Waals surface area contributed by atoms with Gasteiger partial charge in [-0.1, -0.05) is 5.16 Å². The highest BCUT2D eigenvalue weighted by Crippen LogP contribution is 2.05. The van der Waals surface area contributed by atoms with Crippen molar-refractivity contribution in [1.82, 2.24) is 15.0 Å². The van der Waals surface area contributed by atoms with Gasteiger partial charge in [-0.05, 0) is 12.1 Å². The van der Waals surface area contributed by atoms with Gasteiger partial charge in [0.25, 0.3) is 5.91 Å². The molecular formula is C11H13N3O3. The second-order valence-electron chi connectivity index (χ2n) is 3.68. The molecule has 6 heteroatoms. The number of aromatic nitrogens is 2. The lowest BCUT2D eigenvalue weighted by molar-refractivity contribution is 0.0764. The second-order valence-corrected chi connectivity index (χ2v) is 3.68. The number of aryl methyl sites for hydroxylation is 1. The van der Waals surface area contributed by atoms with Gasteiger partial charge >= 0.3 is 0 Å². The Bertz CT molecular complexity index is 490. The molecule has 2 heterocycles. The Balaban J connectivity index is 1.89. The second kappa shape index (κ2) is 4.82. The van der Waals surface area contributed by atoms with E-state index >= 15 is 0 Å². The summed E-state index contributed by atoms with van der Waals surface area (Å²) in [6.07, 6.45) is 2.03. The fourth-order valence-electron chi connectivity index (χ4n) is 1.40. The van der Waals surface area contributed by atoms with Gasteiger partial charge in [-0.25, -0.2) is 0 Å². The molecule has 0 aliphatic heterocycles. The van der Waals surface area contributed by atoms with Crippen molar-refractivity contribution in [3.05, 3.63) is 35.9 Å². The molecular weight excluding hydrogens is 222 g/mol. The van der Waals surface area contributed by atoms with E-state index in [-0.39, 0.29) is 5.91 Å². The minimum atomic E-state index is -0.157. The van der Waals surface area contributed by atoms with Crippen LogP contribution in [0.3, 0.4) is 0 Å². The summed E-state index contributed by atoms with van der Waals surface area (Å²) in [5.74, 6) is 1.30. The molecule has 1 amide bonds. The first-order chi connectivity index (χ1) is 8.16. The highest BCUT2D eigenvalue weighted by atomic mass is 16.5. The number of hydrogen-bond acceptors (Lipinski definition) is 5. The van der Waals surface area contributed by atoms with E-state index in [2.05, 4.69) is 10.1 Å². The minimum Gasteiger partial charge on any atom is -0.459 e. The molecule has 0 aliphatic carbocycles. The fraction of sp³-hybridized carbons (Fsp3) is 0.364. The molecule has 0 fully saturated rings. The van der Waals surface area contributed by atoms with Crippen molar-refractivity contribution < 1.29 is 13.7 Å². The van der Waals surface area contributed by atoms with Crippen molar-refractivity contribution in [1.29, 1.82) is 0 Å². The van der Waals surface area contributed by atoms with Crippen molar-refractivity contribution >= 4 is 5.91 Å². The number of carbonyl (C=O) groups excluding carboxylic acids is 1. The Labute approximate surface area is 98.2 Å². The van der Waals surface area contributed by atoms with Crippen LogP contribution < -0.4 is 0 Å². The molecule has 0 radical (unpaired) electrons. The summed E-state index contributed by atoms with van der Waals surface area (Å²) in [4.78, 5) is 17.4. The van der Waals surface area contributed by atoms with Crippen LogP contribution >= 0.6 is 0 Å². The maximum absolute atomic E-state index is 11.8. The molecule has 90 valence electrons. The molecule has 2 aromatic heterocycles. The van der Waals surface area contributed by atoms with Crippen molar-refractivity contribution in [3.8, 4) is 0 Å². The molecule has 0 aliphatic rings. The normalized spacial score (nSPS) is 10.5. The number of hydrogen-bond donors (Lipinski definition) is 0. The number of amides is 1. The van der Waals surface area contributed by atoms with E-state index in [0.717, 1.165) is 0 Å².